The molecule has 1 amide bonds. The lowest BCUT2D eigenvalue weighted by Gasteiger charge is -2.37. The summed E-state index contributed by atoms with van der Waals surface area (Å²) >= 11 is 0. The highest BCUT2D eigenvalue weighted by molar-refractivity contribution is 6.03. The number of amides is 1. The number of ether oxygens (including phenoxy) is 2. The predicted molar refractivity (Wildman–Crippen MR) is 92.4 cm³/mol. The molecule has 0 atom stereocenters. The third kappa shape index (κ3) is 3.74. The molecule has 0 radical (unpaired) electrons. The van der Waals surface area contributed by atoms with Gasteiger partial charge >= 0.3 is 0 Å². The number of carbonyl (C=O) groups is 1. The Kier molecular flexibility index (Phi) is 4.71. The Morgan fingerprint density at radius 1 is 1.15 bits per heavy atom. The lowest BCUT2D eigenvalue weighted by atomic mass is 10.0. The quantitative estimate of drug-likeness (QED) is 0.886. The van der Waals surface area contributed by atoms with E-state index < -0.39 is 23.3 Å². The first-order chi connectivity index (χ1) is 13.0. The number of anilines is 2. The van der Waals surface area contributed by atoms with Gasteiger partial charge in [0.1, 0.15) is 17.3 Å². The fraction of sp³-hybridized carbons (Fsp3) is 0.389. The highest BCUT2D eigenvalue weighted by Crippen LogP contribution is 2.32. The van der Waals surface area contributed by atoms with Crippen molar-refractivity contribution in [2.24, 2.45) is 0 Å². The topological polar surface area (TPSA) is 76.6 Å². The molecule has 142 valence electrons. The molecule has 2 aliphatic heterocycles. The number of aromatic nitrogens is 2. The highest BCUT2D eigenvalue weighted by Gasteiger charge is 2.40. The van der Waals surface area contributed by atoms with Crippen LogP contribution in [-0.2, 0) is 9.47 Å². The fourth-order valence-electron chi connectivity index (χ4n) is 3.24. The van der Waals surface area contributed by atoms with Gasteiger partial charge in [0, 0.05) is 38.2 Å². The van der Waals surface area contributed by atoms with E-state index in [1.807, 2.05) is 4.90 Å². The summed E-state index contributed by atoms with van der Waals surface area (Å²) in [6.45, 7) is 2.48. The lowest BCUT2D eigenvalue weighted by molar-refractivity contribution is -0.169. The van der Waals surface area contributed by atoms with Crippen molar-refractivity contribution >= 4 is 17.5 Å². The maximum Gasteiger partial charge on any atom is 0.274 e. The van der Waals surface area contributed by atoms with Gasteiger partial charge in [-0.05, 0) is 18.2 Å². The van der Waals surface area contributed by atoms with Crippen LogP contribution in [0.5, 0.6) is 0 Å². The number of carbonyl (C=O) groups excluding carboxylic acids is 1. The largest absolute Gasteiger partial charge is 0.347 e. The van der Waals surface area contributed by atoms with Crippen LogP contribution in [0.2, 0.25) is 0 Å². The summed E-state index contributed by atoms with van der Waals surface area (Å²) < 4.78 is 38.1. The Morgan fingerprint density at radius 3 is 2.59 bits per heavy atom. The van der Waals surface area contributed by atoms with E-state index in [9.17, 15) is 13.6 Å². The average molecular weight is 376 g/mol. The Balaban J connectivity index is 1.45. The molecule has 2 aliphatic rings. The summed E-state index contributed by atoms with van der Waals surface area (Å²) in [5.74, 6) is -2.26. The van der Waals surface area contributed by atoms with Crippen molar-refractivity contribution in [3.8, 4) is 0 Å². The minimum atomic E-state index is -0.851. The van der Waals surface area contributed by atoms with Gasteiger partial charge in [0.25, 0.3) is 5.91 Å². The summed E-state index contributed by atoms with van der Waals surface area (Å²) in [6, 6.07) is 4.38. The zero-order chi connectivity index (χ0) is 18.9. The maximum atomic E-state index is 13.7. The van der Waals surface area contributed by atoms with Gasteiger partial charge in [-0.2, -0.15) is 0 Å². The molecular formula is C18H18F2N4O3. The van der Waals surface area contributed by atoms with Gasteiger partial charge in [-0.15, -0.1) is 0 Å². The Morgan fingerprint density at radius 2 is 1.89 bits per heavy atom. The standard InChI is InChI=1S/C18H18F2N4O3/c19-12-1-2-14(13(20)11-12)22-16(25)15-3-6-21-17(23-15)24-7-4-18(5-8-24)26-9-10-27-18/h1-3,6,11H,4-5,7-10H2,(H,22,25). The minimum absolute atomic E-state index is 0.0948. The fourth-order valence-corrected chi connectivity index (χ4v) is 3.24. The van der Waals surface area contributed by atoms with Crippen molar-refractivity contribution < 1.29 is 23.0 Å². The third-order valence-corrected chi connectivity index (χ3v) is 4.68. The van der Waals surface area contributed by atoms with Crippen LogP contribution in [0, 0.1) is 11.6 Å². The number of rotatable bonds is 3. The van der Waals surface area contributed by atoms with Crippen LogP contribution in [0.4, 0.5) is 20.4 Å². The monoisotopic (exact) mass is 376 g/mol. The molecule has 9 heteroatoms. The highest BCUT2D eigenvalue weighted by atomic mass is 19.1. The number of nitrogens with zero attached hydrogens (tertiary/aromatic N) is 3. The zero-order valence-electron chi connectivity index (χ0n) is 14.5. The maximum absolute atomic E-state index is 13.7. The lowest BCUT2D eigenvalue weighted by Crippen LogP contribution is -2.45. The zero-order valence-corrected chi connectivity index (χ0v) is 14.5. The first kappa shape index (κ1) is 17.7. The normalized spacial score (nSPS) is 18.7. The van der Waals surface area contributed by atoms with Gasteiger partial charge in [0.05, 0.1) is 18.9 Å². The van der Waals surface area contributed by atoms with Crippen LogP contribution in [0.25, 0.3) is 0 Å². The Hall–Kier alpha value is -2.65. The molecule has 1 aromatic carbocycles. The molecule has 2 saturated heterocycles. The van der Waals surface area contributed by atoms with Crippen molar-refractivity contribution in [3.05, 3.63) is 47.8 Å². The summed E-state index contributed by atoms with van der Waals surface area (Å²) in [6.07, 6.45) is 2.85. The van der Waals surface area contributed by atoms with Crippen LogP contribution in [0.3, 0.4) is 0 Å². The minimum Gasteiger partial charge on any atom is -0.347 e. The van der Waals surface area contributed by atoms with Crippen LogP contribution in [0.15, 0.2) is 30.5 Å². The van der Waals surface area contributed by atoms with Crippen molar-refractivity contribution in [3.63, 3.8) is 0 Å². The van der Waals surface area contributed by atoms with Crippen molar-refractivity contribution in [2.75, 3.05) is 36.5 Å². The van der Waals surface area contributed by atoms with E-state index in [1.54, 1.807) is 0 Å². The second-order valence-corrected chi connectivity index (χ2v) is 6.41. The third-order valence-electron chi connectivity index (χ3n) is 4.68. The summed E-state index contributed by atoms with van der Waals surface area (Å²) in [5.41, 5.74) is -0.0191. The van der Waals surface area contributed by atoms with Crippen LogP contribution >= 0.6 is 0 Å². The number of hydrogen-bond donors (Lipinski definition) is 1. The number of piperidine rings is 1. The van der Waals surface area contributed by atoms with E-state index in [0.29, 0.717) is 51.2 Å². The van der Waals surface area contributed by atoms with E-state index in [2.05, 4.69) is 15.3 Å². The molecule has 1 spiro atoms. The van der Waals surface area contributed by atoms with Gasteiger partial charge in [-0.1, -0.05) is 0 Å². The molecule has 1 aromatic heterocycles. The first-order valence-electron chi connectivity index (χ1n) is 8.67. The summed E-state index contributed by atoms with van der Waals surface area (Å²) in [7, 11) is 0. The first-order valence-corrected chi connectivity index (χ1v) is 8.67. The van der Waals surface area contributed by atoms with E-state index in [-0.39, 0.29) is 11.4 Å². The van der Waals surface area contributed by atoms with E-state index in [1.165, 1.54) is 12.3 Å². The van der Waals surface area contributed by atoms with Gasteiger partial charge in [0.15, 0.2) is 5.79 Å². The molecule has 7 nitrogen and oxygen atoms in total. The van der Waals surface area contributed by atoms with Crippen molar-refractivity contribution in [1.29, 1.82) is 0 Å². The SMILES string of the molecule is O=C(Nc1ccc(F)cc1F)c1ccnc(N2CCC3(CC2)OCCO3)n1. The Labute approximate surface area is 154 Å². The second-order valence-electron chi connectivity index (χ2n) is 6.41. The molecule has 0 saturated carbocycles. The molecule has 0 unspecified atom stereocenters. The smallest absolute Gasteiger partial charge is 0.274 e. The van der Waals surface area contributed by atoms with E-state index in [0.717, 1.165) is 12.1 Å². The Bertz CT molecular complexity index is 848. The van der Waals surface area contributed by atoms with E-state index >= 15 is 0 Å². The molecule has 2 fully saturated rings. The van der Waals surface area contributed by atoms with Crippen LogP contribution in [-0.4, -0.2) is 48.0 Å². The van der Waals surface area contributed by atoms with Crippen molar-refractivity contribution in [1.82, 2.24) is 9.97 Å². The molecular weight excluding hydrogens is 358 g/mol. The van der Waals surface area contributed by atoms with E-state index in [4.69, 9.17) is 9.47 Å². The molecule has 2 aromatic rings. The molecule has 0 aliphatic carbocycles. The predicted octanol–water partition coefficient (Wildman–Crippen LogP) is 2.35. The van der Waals surface area contributed by atoms with Gasteiger partial charge in [-0.25, -0.2) is 18.7 Å². The van der Waals surface area contributed by atoms with Gasteiger partial charge in [0.2, 0.25) is 5.95 Å². The van der Waals surface area contributed by atoms with Crippen LogP contribution < -0.4 is 10.2 Å². The van der Waals surface area contributed by atoms with Crippen molar-refractivity contribution in [2.45, 2.75) is 18.6 Å². The van der Waals surface area contributed by atoms with Crippen LogP contribution in [0.1, 0.15) is 23.3 Å². The second kappa shape index (κ2) is 7.16. The summed E-state index contributed by atoms with van der Waals surface area (Å²) in [4.78, 5) is 22.8. The molecule has 3 heterocycles. The number of nitrogens with one attached hydrogen (secondary N) is 1. The number of hydrogen-bond acceptors (Lipinski definition) is 6. The molecule has 0 bridgehead atoms. The number of benzene rings is 1. The molecule has 27 heavy (non-hydrogen) atoms. The molecule has 4 rings (SSSR count). The van der Waals surface area contributed by atoms with Gasteiger partial charge < -0.3 is 19.7 Å². The molecule has 1 N–H and O–H groups in total. The average Bonchev–Trinajstić information content (AvgIpc) is 3.12. The van der Waals surface area contributed by atoms with Gasteiger partial charge in [-0.3, -0.25) is 4.79 Å². The summed E-state index contributed by atoms with van der Waals surface area (Å²) in [5, 5.41) is 2.39. The number of halogens is 2.